The predicted molar refractivity (Wildman–Crippen MR) is 89.5 cm³/mol. The van der Waals surface area contributed by atoms with Crippen LogP contribution in [-0.2, 0) is 5.41 Å². The third-order valence-corrected chi connectivity index (χ3v) is 5.15. The molecule has 3 heteroatoms. The number of benzene rings is 1. The SMILES string of the molecule is CCNC(c1ccc2c(c1)C(C)(C)CO2)c1cscc1C. The first-order chi connectivity index (χ1) is 10.0. The molecule has 2 nitrogen and oxygen atoms in total. The average molecular weight is 301 g/mol. The lowest BCUT2D eigenvalue weighted by molar-refractivity contribution is 0.291. The Morgan fingerprint density at radius 2 is 2.14 bits per heavy atom. The van der Waals surface area contributed by atoms with Gasteiger partial charge in [0.05, 0.1) is 12.6 Å². The van der Waals surface area contributed by atoms with Crippen molar-refractivity contribution in [1.29, 1.82) is 0 Å². The zero-order valence-electron chi connectivity index (χ0n) is 13.2. The van der Waals surface area contributed by atoms with E-state index in [1.54, 1.807) is 11.3 Å². The molecule has 1 aliphatic rings. The zero-order chi connectivity index (χ0) is 15.0. The summed E-state index contributed by atoms with van der Waals surface area (Å²) in [4.78, 5) is 0. The van der Waals surface area contributed by atoms with E-state index in [2.05, 4.69) is 62.0 Å². The molecule has 2 heterocycles. The van der Waals surface area contributed by atoms with Crippen LogP contribution < -0.4 is 10.1 Å². The number of ether oxygens (including phenoxy) is 1. The van der Waals surface area contributed by atoms with E-state index in [4.69, 9.17) is 4.74 Å². The molecule has 0 saturated heterocycles. The molecule has 3 rings (SSSR count). The van der Waals surface area contributed by atoms with Crippen LogP contribution in [0, 0.1) is 6.92 Å². The molecule has 0 radical (unpaired) electrons. The first kappa shape index (κ1) is 14.6. The third kappa shape index (κ3) is 2.60. The van der Waals surface area contributed by atoms with E-state index < -0.39 is 0 Å². The van der Waals surface area contributed by atoms with Gasteiger partial charge >= 0.3 is 0 Å². The molecule has 2 aromatic rings. The predicted octanol–water partition coefficient (Wildman–Crippen LogP) is 4.43. The lowest BCUT2D eigenvalue weighted by atomic mass is 9.84. The molecule has 21 heavy (non-hydrogen) atoms. The van der Waals surface area contributed by atoms with Gasteiger partial charge in [-0.1, -0.05) is 26.8 Å². The van der Waals surface area contributed by atoms with Gasteiger partial charge < -0.3 is 10.1 Å². The van der Waals surface area contributed by atoms with Gasteiger partial charge in [-0.05, 0) is 53.1 Å². The molecule has 1 aliphatic heterocycles. The van der Waals surface area contributed by atoms with Crippen molar-refractivity contribution in [3.8, 4) is 5.75 Å². The second-order valence-electron chi connectivity index (χ2n) is 6.43. The van der Waals surface area contributed by atoms with Gasteiger partial charge in [0.15, 0.2) is 0 Å². The van der Waals surface area contributed by atoms with E-state index in [-0.39, 0.29) is 11.5 Å². The van der Waals surface area contributed by atoms with Crippen LogP contribution in [0.15, 0.2) is 29.0 Å². The minimum Gasteiger partial charge on any atom is -0.492 e. The summed E-state index contributed by atoms with van der Waals surface area (Å²) in [6.07, 6.45) is 0. The van der Waals surface area contributed by atoms with E-state index in [1.807, 2.05) is 0 Å². The Hall–Kier alpha value is -1.32. The third-order valence-electron chi connectivity index (χ3n) is 4.27. The van der Waals surface area contributed by atoms with Crippen molar-refractivity contribution >= 4 is 11.3 Å². The van der Waals surface area contributed by atoms with Crippen LogP contribution >= 0.6 is 11.3 Å². The maximum Gasteiger partial charge on any atom is 0.123 e. The number of thiophene rings is 1. The minimum absolute atomic E-state index is 0.103. The summed E-state index contributed by atoms with van der Waals surface area (Å²) in [6.45, 7) is 10.6. The summed E-state index contributed by atoms with van der Waals surface area (Å²) < 4.78 is 5.80. The Kier molecular flexibility index (Phi) is 3.80. The monoisotopic (exact) mass is 301 g/mol. The summed E-state index contributed by atoms with van der Waals surface area (Å²) in [5.74, 6) is 1.04. The molecule has 0 fully saturated rings. The van der Waals surface area contributed by atoms with Crippen LogP contribution in [-0.4, -0.2) is 13.2 Å². The molecule has 112 valence electrons. The highest BCUT2D eigenvalue weighted by atomic mass is 32.1. The van der Waals surface area contributed by atoms with Crippen LogP contribution in [0.2, 0.25) is 0 Å². The molecule has 0 amide bonds. The van der Waals surface area contributed by atoms with Gasteiger partial charge in [0.1, 0.15) is 5.75 Å². The molecule has 0 aliphatic carbocycles. The van der Waals surface area contributed by atoms with Crippen LogP contribution in [0.1, 0.15) is 49.1 Å². The fraction of sp³-hybridized carbons (Fsp3) is 0.444. The molecule has 1 aromatic heterocycles. The highest BCUT2D eigenvalue weighted by Crippen LogP contribution is 2.40. The van der Waals surface area contributed by atoms with Crippen molar-refractivity contribution < 1.29 is 4.74 Å². The van der Waals surface area contributed by atoms with E-state index in [9.17, 15) is 0 Å². The lowest BCUT2D eigenvalue weighted by Gasteiger charge is -2.21. The van der Waals surface area contributed by atoms with E-state index in [0.29, 0.717) is 0 Å². The van der Waals surface area contributed by atoms with Gasteiger partial charge in [-0.25, -0.2) is 0 Å². The standard InChI is InChI=1S/C18H23NOS/c1-5-19-17(14-10-21-9-12(14)2)13-6-7-16-15(8-13)18(3,4)11-20-16/h6-10,17,19H,5,11H2,1-4H3. The molecular formula is C18H23NOS. The number of hydrogen-bond donors (Lipinski definition) is 1. The second-order valence-corrected chi connectivity index (χ2v) is 7.17. The van der Waals surface area contributed by atoms with Crippen molar-refractivity contribution in [3.05, 3.63) is 51.2 Å². The molecular weight excluding hydrogens is 278 g/mol. The molecule has 0 saturated carbocycles. The van der Waals surface area contributed by atoms with Gasteiger partial charge in [0, 0.05) is 11.0 Å². The highest BCUT2D eigenvalue weighted by Gasteiger charge is 2.32. The van der Waals surface area contributed by atoms with E-state index >= 15 is 0 Å². The number of rotatable bonds is 4. The van der Waals surface area contributed by atoms with Crippen LogP contribution in [0.5, 0.6) is 5.75 Å². The smallest absolute Gasteiger partial charge is 0.123 e. The van der Waals surface area contributed by atoms with Crippen molar-refractivity contribution in [2.75, 3.05) is 13.2 Å². The number of fused-ring (bicyclic) bond motifs is 1. The van der Waals surface area contributed by atoms with Crippen LogP contribution in [0.25, 0.3) is 0 Å². The Morgan fingerprint density at radius 1 is 1.33 bits per heavy atom. The van der Waals surface area contributed by atoms with Gasteiger partial charge in [-0.3, -0.25) is 0 Å². The van der Waals surface area contributed by atoms with Gasteiger partial charge in [-0.2, -0.15) is 11.3 Å². The normalized spacial score (nSPS) is 17.3. The fourth-order valence-electron chi connectivity index (χ4n) is 3.00. The Morgan fingerprint density at radius 3 is 2.81 bits per heavy atom. The van der Waals surface area contributed by atoms with E-state index in [1.165, 1.54) is 22.3 Å². The summed E-state index contributed by atoms with van der Waals surface area (Å²) in [5.41, 5.74) is 5.51. The zero-order valence-corrected chi connectivity index (χ0v) is 14.0. The second kappa shape index (κ2) is 5.47. The van der Waals surface area contributed by atoms with Gasteiger partial charge in [0.25, 0.3) is 0 Å². The average Bonchev–Trinajstić information content (AvgIpc) is 3.00. The molecule has 0 spiro atoms. The van der Waals surface area contributed by atoms with E-state index in [0.717, 1.165) is 18.9 Å². The lowest BCUT2D eigenvalue weighted by Crippen LogP contribution is -2.23. The number of nitrogens with one attached hydrogen (secondary N) is 1. The Labute approximate surface area is 131 Å². The Bertz CT molecular complexity index is 644. The first-order valence-electron chi connectivity index (χ1n) is 7.56. The minimum atomic E-state index is 0.103. The molecule has 1 aromatic carbocycles. The fourth-order valence-corrected chi connectivity index (χ4v) is 3.87. The maximum absolute atomic E-state index is 5.80. The molecule has 0 bridgehead atoms. The van der Waals surface area contributed by atoms with Crippen LogP contribution in [0.4, 0.5) is 0 Å². The number of hydrogen-bond acceptors (Lipinski definition) is 3. The molecule has 1 unspecified atom stereocenters. The molecule has 1 N–H and O–H groups in total. The molecule has 1 atom stereocenters. The van der Waals surface area contributed by atoms with Gasteiger partial charge in [0.2, 0.25) is 0 Å². The Balaban J connectivity index is 2.04. The summed E-state index contributed by atoms with van der Waals surface area (Å²) in [7, 11) is 0. The maximum atomic E-state index is 5.80. The summed E-state index contributed by atoms with van der Waals surface area (Å²) in [5, 5.41) is 8.11. The van der Waals surface area contributed by atoms with Gasteiger partial charge in [-0.15, -0.1) is 0 Å². The van der Waals surface area contributed by atoms with Crippen molar-refractivity contribution in [2.24, 2.45) is 0 Å². The first-order valence-corrected chi connectivity index (χ1v) is 8.50. The van der Waals surface area contributed by atoms with Crippen molar-refractivity contribution in [1.82, 2.24) is 5.32 Å². The van der Waals surface area contributed by atoms with Crippen molar-refractivity contribution in [3.63, 3.8) is 0 Å². The van der Waals surface area contributed by atoms with Crippen LogP contribution in [0.3, 0.4) is 0 Å². The largest absolute Gasteiger partial charge is 0.492 e. The number of aryl methyl sites for hydroxylation is 1. The summed E-state index contributed by atoms with van der Waals surface area (Å²) in [6, 6.07) is 6.92. The summed E-state index contributed by atoms with van der Waals surface area (Å²) >= 11 is 1.78. The quantitative estimate of drug-likeness (QED) is 0.902. The topological polar surface area (TPSA) is 21.3 Å². The van der Waals surface area contributed by atoms with Crippen molar-refractivity contribution in [2.45, 2.75) is 39.2 Å². The highest BCUT2D eigenvalue weighted by molar-refractivity contribution is 7.08.